The molecule has 2 rings (SSSR count). The molecule has 0 radical (unpaired) electrons. The van der Waals surface area contributed by atoms with Crippen LogP contribution in [0.25, 0.3) is 11.3 Å². The van der Waals surface area contributed by atoms with E-state index in [4.69, 9.17) is 33.5 Å². The molecule has 25 heavy (non-hydrogen) atoms. The molecule has 0 spiro atoms. The van der Waals surface area contributed by atoms with E-state index in [0.717, 1.165) is 0 Å². The molecule has 9 heteroatoms. The first-order valence-corrected chi connectivity index (χ1v) is 8.44. The third kappa shape index (κ3) is 5.88. The quantitative estimate of drug-likeness (QED) is 0.656. The van der Waals surface area contributed by atoms with Gasteiger partial charge in [0.15, 0.2) is 16.4 Å². The second-order valence-electron chi connectivity index (χ2n) is 4.75. The van der Waals surface area contributed by atoms with E-state index in [0.29, 0.717) is 16.9 Å². The van der Waals surface area contributed by atoms with Crippen LogP contribution in [0.3, 0.4) is 0 Å². The summed E-state index contributed by atoms with van der Waals surface area (Å²) < 4.78 is 18.1. The summed E-state index contributed by atoms with van der Waals surface area (Å²) in [5.74, 6) is -0.0594. The van der Waals surface area contributed by atoms with Crippen molar-refractivity contribution in [1.29, 1.82) is 0 Å². The number of benzene rings is 1. The first kappa shape index (κ1) is 21.2. The van der Waals surface area contributed by atoms with Gasteiger partial charge in [-0.3, -0.25) is 4.79 Å². The lowest BCUT2D eigenvalue weighted by atomic mass is 10.0. The van der Waals surface area contributed by atoms with Crippen molar-refractivity contribution < 1.29 is 18.8 Å². The summed E-state index contributed by atoms with van der Waals surface area (Å²) in [5, 5.41) is 16.0. The highest BCUT2D eigenvalue weighted by Gasteiger charge is 2.25. The molecule has 0 aliphatic rings. The van der Waals surface area contributed by atoms with Crippen LogP contribution in [0, 0.1) is 0 Å². The van der Waals surface area contributed by atoms with Gasteiger partial charge >= 0.3 is 0 Å². The fourth-order valence-corrected chi connectivity index (χ4v) is 2.08. The van der Waals surface area contributed by atoms with E-state index in [-0.39, 0.29) is 5.82 Å². The van der Waals surface area contributed by atoms with Crippen LogP contribution in [0.1, 0.15) is 25.5 Å². The van der Waals surface area contributed by atoms with Crippen molar-refractivity contribution >= 4 is 34.9 Å². The summed E-state index contributed by atoms with van der Waals surface area (Å²) in [5.41, 5.74) is 6.57. The zero-order valence-electron chi connectivity index (χ0n) is 13.7. The summed E-state index contributed by atoms with van der Waals surface area (Å²) in [6.45, 7) is 3.02. The van der Waals surface area contributed by atoms with Crippen molar-refractivity contribution in [1.82, 2.24) is 10.5 Å². The molecule has 1 heterocycles. The maximum atomic E-state index is 13.1. The number of amides is 1. The third-order valence-corrected chi connectivity index (χ3v) is 3.53. The topological polar surface area (TPSA) is 101 Å². The van der Waals surface area contributed by atoms with Crippen LogP contribution in [-0.2, 0) is 4.79 Å². The average Bonchev–Trinajstić information content (AvgIpc) is 3.07. The molecule has 1 aromatic carbocycles. The van der Waals surface area contributed by atoms with Gasteiger partial charge in [-0.2, -0.15) is 0 Å². The number of hydrogen-bond donors (Lipinski definition) is 3. The van der Waals surface area contributed by atoms with E-state index in [2.05, 4.69) is 10.5 Å². The molecule has 0 aliphatic heterocycles. The fraction of sp³-hybridized carbons (Fsp3) is 0.375. The lowest BCUT2D eigenvalue weighted by Crippen LogP contribution is -2.43. The number of nitrogens with one attached hydrogen (secondary N) is 1. The number of carbonyl (C=O) groups is 1. The van der Waals surface area contributed by atoms with Crippen molar-refractivity contribution in [3.8, 4) is 11.3 Å². The van der Waals surface area contributed by atoms with E-state index in [9.17, 15) is 14.3 Å². The molecule has 2 aromatic rings. The molecule has 138 valence electrons. The van der Waals surface area contributed by atoms with Gasteiger partial charge in [0.25, 0.3) is 5.91 Å². The number of rotatable bonds is 6. The molecule has 4 N–H and O–H groups in total. The van der Waals surface area contributed by atoms with Crippen LogP contribution >= 0.6 is 23.2 Å². The van der Waals surface area contributed by atoms with Crippen LogP contribution in [0.5, 0.6) is 0 Å². The number of aliphatic hydroxyl groups excluding tert-OH is 1. The molecule has 2 atom stereocenters. The number of aromatic nitrogens is 1. The summed E-state index contributed by atoms with van der Waals surface area (Å²) in [7, 11) is 0. The maximum absolute atomic E-state index is 13.1. The van der Waals surface area contributed by atoms with Crippen LogP contribution < -0.4 is 11.1 Å². The van der Waals surface area contributed by atoms with Gasteiger partial charge in [-0.05, 0) is 5.56 Å². The minimum Gasteiger partial charge on any atom is -0.386 e. The third-order valence-electron chi connectivity index (χ3n) is 3.14. The maximum Gasteiger partial charge on any atom is 0.253 e. The molecule has 0 fully saturated rings. The molecule has 0 bridgehead atoms. The lowest BCUT2D eigenvalue weighted by molar-refractivity contribution is -0.121. The van der Waals surface area contributed by atoms with Gasteiger partial charge in [-0.1, -0.05) is 66.5 Å². The number of nitrogens with zero attached hydrogens (tertiary/aromatic N) is 1. The van der Waals surface area contributed by atoms with E-state index in [1.165, 1.54) is 0 Å². The predicted molar refractivity (Wildman–Crippen MR) is 96.1 cm³/mol. The Morgan fingerprint density at radius 2 is 1.96 bits per heavy atom. The van der Waals surface area contributed by atoms with Gasteiger partial charge in [-0.25, -0.2) is 4.39 Å². The number of nitrogens with two attached hydrogens (primary N) is 1. The highest BCUT2D eigenvalue weighted by Crippen LogP contribution is 2.25. The Balaban J connectivity index is 0.00000151. The Morgan fingerprint density at radius 3 is 2.40 bits per heavy atom. The standard InChI is InChI=1S/C14H14Cl2FN3O3.C2H6/c15-13(16)14(22)19-9(6-17)12(21)8-3-1-7(2-4-8)10-5-11(18)20-23-10;1-2/h1-5,9,12-13,21H,6H2,(H2,18,20)(H,19,22);1-2H3. The molecular weight excluding hydrogens is 372 g/mol. The number of hydrogen-bond acceptors (Lipinski definition) is 5. The normalized spacial score (nSPS) is 12.9. The first-order chi connectivity index (χ1) is 11.9. The molecule has 1 amide bonds. The van der Waals surface area contributed by atoms with Gasteiger partial charge in [-0.15, -0.1) is 0 Å². The number of aliphatic hydroxyl groups is 1. The molecule has 6 nitrogen and oxygen atoms in total. The Labute approximate surface area is 155 Å². The molecule has 1 aromatic heterocycles. The summed E-state index contributed by atoms with van der Waals surface area (Å²) in [6.07, 6.45) is -1.26. The van der Waals surface area contributed by atoms with Gasteiger partial charge in [0, 0.05) is 11.6 Å². The van der Waals surface area contributed by atoms with Crippen molar-refractivity contribution in [2.45, 2.75) is 30.8 Å². The smallest absolute Gasteiger partial charge is 0.253 e. The van der Waals surface area contributed by atoms with Crippen molar-refractivity contribution in [3.05, 3.63) is 35.9 Å². The highest BCUT2D eigenvalue weighted by atomic mass is 35.5. The van der Waals surface area contributed by atoms with E-state index in [1.807, 2.05) is 13.8 Å². The second kappa shape index (κ2) is 10.2. The Bertz CT molecular complexity index is 665. The second-order valence-corrected chi connectivity index (χ2v) is 5.85. The molecule has 0 saturated carbocycles. The van der Waals surface area contributed by atoms with Crippen molar-refractivity contribution in [2.24, 2.45) is 0 Å². The largest absolute Gasteiger partial charge is 0.386 e. The monoisotopic (exact) mass is 391 g/mol. The Morgan fingerprint density at radius 1 is 1.36 bits per heavy atom. The fourth-order valence-electron chi connectivity index (χ4n) is 1.95. The first-order valence-electron chi connectivity index (χ1n) is 7.57. The number of nitrogen functional groups attached to an aromatic ring is 1. The van der Waals surface area contributed by atoms with Gasteiger partial charge in [0.05, 0.1) is 6.04 Å². The van der Waals surface area contributed by atoms with Gasteiger partial charge in [0.2, 0.25) is 0 Å². The summed E-state index contributed by atoms with van der Waals surface area (Å²) in [6, 6.07) is 6.85. The van der Waals surface area contributed by atoms with Gasteiger partial charge < -0.3 is 20.7 Å². The molecule has 0 saturated heterocycles. The van der Waals surface area contributed by atoms with E-state index >= 15 is 0 Å². The lowest BCUT2D eigenvalue weighted by Gasteiger charge is -2.22. The molecular formula is C16H20Cl2FN3O3. The zero-order chi connectivity index (χ0) is 19.0. The van der Waals surface area contributed by atoms with Crippen molar-refractivity contribution in [3.63, 3.8) is 0 Å². The summed E-state index contributed by atoms with van der Waals surface area (Å²) >= 11 is 10.8. The van der Waals surface area contributed by atoms with Crippen molar-refractivity contribution in [2.75, 3.05) is 12.4 Å². The zero-order valence-corrected chi connectivity index (χ0v) is 15.3. The van der Waals surface area contributed by atoms with E-state index < -0.39 is 29.6 Å². The van der Waals surface area contributed by atoms with Crippen LogP contribution in [0.15, 0.2) is 34.9 Å². The number of anilines is 1. The number of carbonyl (C=O) groups excluding carboxylic acids is 1. The number of halogens is 3. The number of alkyl halides is 3. The van der Waals surface area contributed by atoms with Gasteiger partial charge in [0.1, 0.15) is 12.8 Å². The average molecular weight is 392 g/mol. The Hall–Kier alpha value is -1.83. The molecule has 0 aliphatic carbocycles. The molecule has 2 unspecified atom stereocenters. The summed E-state index contributed by atoms with van der Waals surface area (Å²) in [4.78, 5) is 10.1. The van der Waals surface area contributed by atoms with E-state index in [1.54, 1.807) is 30.3 Å². The van der Waals surface area contributed by atoms with Crippen LogP contribution in [0.2, 0.25) is 0 Å². The van der Waals surface area contributed by atoms with Crippen LogP contribution in [0.4, 0.5) is 10.2 Å². The SMILES string of the molecule is CC.Nc1cc(-c2ccc(C(O)C(CF)NC(=O)C(Cl)Cl)cc2)on1. The minimum absolute atomic E-state index is 0.251. The minimum atomic E-state index is -1.34. The highest BCUT2D eigenvalue weighted by molar-refractivity contribution is 6.53. The predicted octanol–water partition coefficient (Wildman–Crippen LogP) is 3.24. The van der Waals surface area contributed by atoms with Crippen LogP contribution in [-0.4, -0.2) is 33.7 Å². The Kier molecular flexibility index (Phi) is 8.68.